The normalized spacial score (nSPS) is 11.0. The summed E-state index contributed by atoms with van der Waals surface area (Å²) in [4.78, 5) is 12.7. The molecule has 7 heteroatoms. The molecule has 3 aromatic rings. The molecule has 0 aliphatic rings. The minimum absolute atomic E-state index is 0.0804. The van der Waals surface area contributed by atoms with Gasteiger partial charge in [0.15, 0.2) is 16.8 Å². The number of carbonyl (C=O) groups excluding carboxylic acids is 1. The third-order valence-corrected chi connectivity index (χ3v) is 5.57. The first-order chi connectivity index (χ1) is 13.5. The third-order valence-electron chi connectivity index (χ3n) is 4.35. The van der Waals surface area contributed by atoms with E-state index in [1.807, 2.05) is 60.9 Å². The second-order valence-electron chi connectivity index (χ2n) is 6.49. The Bertz CT molecular complexity index is 970. The van der Waals surface area contributed by atoms with Gasteiger partial charge in [0.2, 0.25) is 0 Å². The van der Waals surface area contributed by atoms with E-state index in [2.05, 4.69) is 10.2 Å². The van der Waals surface area contributed by atoms with Gasteiger partial charge >= 0.3 is 0 Å². The average Bonchev–Trinajstić information content (AvgIpc) is 3.07. The second-order valence-corrected chi connectivity index (χ2v) is 7.87. The van der Waals surface area contributed by atoms with E-state index in [4.69, 9.17) is 16.3 Å². The number of methoxy groups -OCH3 is 1. The zero-order chi connectivity index (χ0) is 20.1. The summed E-state index contributed by atoms with van der Waals surface area (Å²) in [6.07, 6.45) is 0. The van der Waals surface area contributed by atoms with Crippen LogP contribution in [0.25, 0.3) is 11.4 Å². The van der Waals surface area contributed by atoms with Crippen molar-refractivity contribution in [3.63, 3.8) is 0 Å². The van der Waals surface area contributed by atoms with Gasteiger partial charge < -0.3 is 4.74 Å². The Balaban J connectivity index is 1.81. The summed E-state index contributed by atoms with van der Waals surface area (Å²) >= 11 is 7.38. The van der Waals surface area contributed by atoms with Gasteiger partial charge in [-0.3, -0.25) is 9.36 Å². The molecule has 2 aromatic carbocycles. The van der Waals surface area contributed by atoms with Crippen molar-refractivity contribution in [3.05, 3.63) is 64.2 Å². The topological polar surface area (TPSA) is 57.0 Å². The zero-order valence-corrected chi connectivity index (χ0v) is 17.7. The molecule has 0 amide bonds. The van der Waals surface area contributed by atoms with Gasteiger partial charge in [0.05, 0.1) is 18.9 Å². The van der Waals surface area contributed by atoms with E-state index in [0.29, 0.717) is 29.1 Å². The molecule has 1 aromatic heterocycles. The van der Waals surface area contributed by atoms with Crippen LogP contribution in [0.4, 0.5) is 0 Å². The van der Waals surface area contributed by atoms with Crippen LogP contribution < -0.4 is 0 Å². The van der Waals surface area contributed by atoms with Crippen LogP contribution in [-0.4, -0.2) is 40.0 Å². The van der Waals surface area contributed by atoms with Gasteiger partial charge in [-0.2, -0.15) is 0 Å². The first kappa shape index (κ1) is 20.6. The number of hydrogen-bond donors (Lipinski definition) is 0. The molecule has 0 saturated heterocycles. The van der Waals surface area contributed by atoms with Crippen LogP contribution in [0.3, 0.4) is 0 Å². The predicted octanol–water partition coefficient (Wildman–Crippen LogP) is 4.84. The highest BCUT2D eigenvalue weighted by molar-refractivity contribution is 7.99. The van der Waals surface area contributed by atoms with Gasteiger partial charge in [0, 0.05) is 23.3 Å². The number of aryl methyl sites for hydroxylation is 2. The van der Waals surface area contributed by atoms with E-state index in [1.165, 1.54) is 11.8 Å². The van der Waals surface area contributed by atoms with Crippen LogP contribution in [0.5, 0.6) is 0 Å². The summed E-state index contributed by atoms with van der Waals surface area (Å²) in [5.41, 5.74) is 3.81. The number of aromatic nitrogens is 3. The number of carbonyl (C=O) groups is 1. The molecule has 146 valence electrons. The van der Waals surface area contributed by atoms with E-state index in [1.54, 1.807) is 7.11 Å². The van der Waals surface area contributed by atoms with Crippen molar-refractivity contribution in [1.82, 2.24) is 14.8 Å². The monoisotopic (exact) mass is 415 g/mol. The van der Waals surface area contributed by atoms with Gasteiger partial charge in [-0.15, -0.1) is 10.2 Å². The lowest BCUT2D eigenvalue weighted by Gasteiger charge is -2.10. The smallest absolute Gasteiger partial charge is 0.192 e. The van der Waals surface area contributed by atoms with E-state index >= 15 is 0 Å². The molecule has 0 aliphatic heterocycles. The number of nitrogens with zero attached hydrogens (tertiary/aromatic N) is 3. The first-order valence-corrected chi connectivity index (χ1v) is 10.3. The van der Waals surface area contributed by atoms with Gasteiger partial charge in [0.25, 0.3) is 0 Å². The van der Waals surface area contributed by atoms with E-state index < -0.39 is 0 Å². The fourth-order valence-electron chi connectivity index (χ4n) is 2.93. The number of halogens is 1. The first-order valence-electron chi connectivity index (χ1n) is 8.91. The van der Waals surface area contributed by atoms with Crippen LogP contribution in [0.15, 0.2) is 47.6 Å². The quantitative estimate of drug-likeness (QED) is 0.389. The van der Waals surface area contributed by atoms with Crippen molar-refractivity contribution in [2.24, 2.45) is 0 Å². The van der Waals surface area contributed by atoms with Gasteiger partial charge in [-0.1, -0.05) is 47.1 Å². The summed E-state index contributed by atoms with van der Waals surface area (Å²) in [6, 6.07) is 13.3. The molecule has 0 radical (unpaired) electrons. The Morgan fingerprint density at radius 2 is 1.89 bits per heavy atom. The molecule has 0 aliphatic carbocycles. The van der Waals surface area contributed by atoms with E-state index in [-0.39, 0.29) is 5.78 Å². The van der Waals surface area contributed by atoms with Crippen molar-refractivity contribution in [2.45, 2.75) is 25.5 Å². The second kappa shape index (κ2) is 9.37. The van der Waals surface area contributed by atoms with Crippen molar-refractivity contribution in [1.29, 1.82) is 0 Å². The van der Waals surface area contributed by atoms with Gasteiger partial charge in [0.1, 0.15) is 0 Å². The lowest BCUT2D eigenvalue weighted by Crippen LogP contribution is -2.10. The Morgan fingerprint density at radius 3 is 2.57 bits per heavy atom. The molecule has 0 N–H and O–H groups in total. The molecule has 28 heavy (non-hydrogen) atoms. The van der Waals surface area contributed by atoms with Gasteiger partial charge in [-0.05, 0) is 43.7 Å². The molecule has 0 atom stereocenters. The van der Waals surface area contributed by atoms with E-state index in [0.717, 1.165) is 28.1 Å². The van der Waals surface area contributed by atoms with Crippen molar-refractivity contribution >= 4 is 29.1 Å². The molecular formula is C21H22ClN3O2S. The lowest BCUT2D eigenvalue weighted by molar-refractivity contribution is 0.102. The Hall–Kier alpha value is -2.15. The summed E-state index contributed by atoms with van der Waals surface area (Å²) in [5.74, 6) is 1.11. The van der Waals surface area contributed by atoms with Gasteiger partial charge in [-0.25, -0.2) is 0 Å². The highest BCUT2D eigenvalue weighted by Gasteiger charge is 2.17. The Kier molecular flexibility index (Phi) is 6.88. The lowest BCUT2D eigenvalue weighted by atomic mass is 10.0. The number of ketones is 1. The number of benzene rings is 2. The van der Waals surface area contributed by atoms with Crippen LogP contribution in [0, 0.1) is 13.8 Å². The number of hydrogen-bond acceptors (Lipinski definition) is 5. The predicted molar refractivity (Wildman–Crippen MR) is 113 cm³/mol. The summed E-state index contributed by atoms with van der Waals surface area (Å²) in [7, 11) is 1.66. The summed E-state index contributed by atoms with van der Waals surface area (Å²) in [6.45, 7) is 5.11. The highest BCUT2D eigenvalue weighted by atomic mass is 35.5. The van der Waals surface area contributed by atoms with Crippen LogP contribution in [0.2, 0.25) is 5.02 Å². The molecular weight excluding hydrogens is 394 g/mol. The standard InChI is InChI=1S/C21H22ClN3O2S/c1-14-4-9-18(15(2)12-14)19(26)13-28-21-24-23-20(25(21)10-11-27-3)16-5-7-17(22)8-6-16/h4-9,12H,10-11,13H2,1-3H3. The summed E-state index contributed by atoms with van der Waals surface area (Å²) < 4.78 is 7.21. The highest BCUT2D eigenvalue weighted by Crippen LogP contribution is 2.26. The van der Waals surface area contributed by atoms with Crippen LogP contribution >= 0.6 is 23.4 Å². The molecule has 0 fully saturated rings. The number of rotatable bonds is 8. The number of ether oxygens (including phenoxy) is 1. The largest absolute Gasteiger partial charge is 0.383 e. The van der Waals surface area contributed by atoms with Crippen LogP contribution in [-0.2, 0) is 11.3 Å². The molecule has 3 rings (SSSR count). The maximum absolute atomic E-state index is 12.7. The SMILES string of the molecule is COCCn1c(SCC(=O)c2ccc(C)cc2C)nnc1-c1ccc(Cl)cc1. The maximum Gasteiger partial charge on any atom is 0.192 e. The molecule has 0 spiro atoms. The molecule has 0 bridgehead atoms. The van der Waals surface area contributed by atoms with Crippen LogP contribution in [0.1, 0.15) is 21.5 Å². The molecule has 5 nitrogen and oxygen atoms in total. The van der Waals surface area contributed by atoms with Crippen molar-refractivity contribution in [2.75, 3.05) is 19.5 Å². The van der Waals surface area contributed by atoms with E-state index in [9.17, 15) is 4.79 Å². The zero-order valence-electron chi connectivity index (χ0n) is 16.1. The Morgan fingerprint density at radius 1 is 1.14 bits per heavy atom. The minimum atomic E-state index is 0.0804. The third kappa shape index (κ3) is 4.82. The number of thioether (sulfide) groups is 1. The fourth-order valence-corrected chi connectivity index (χ4v) is 3.90. The van der Waals surface area contributed by atoms with Crippen molar-refractivity contribution < 1.29 is 9.53 Å². The molecule has 0 unspecified atom stereocenters. The average molecular weight is 416 g/mol. The van der Waals surface area contributed by atoms with Crippen molar-refractivity contribution in [3.8, 4) is 11.4 Å². The fraction of sp³-hybridized carbons (Fsp3) is 0.286. The minimum Gasteiger partial charge on any atom is -0.383 e. The molecule has 0 saturated carbocycles. The molecule has 1 heterocycles. The number of Topliss-reactive ketones (excluding diaryl/α,β-unsaturated/α-hetero) is 1. The Labute approximate surface area is 174 Å². The summed E-state index contributed by atoms with van der Waals surface area (Å²) in [5, 5.41) is 10.00. The maximum atomic E-state index is 12.7.